The number of likely N-dealkylation sites (tertiary alicyclic amines) is 1. The van der Waals surface area contributed by atoms with Crippen LogP contribution in [0.2, 0.25) is 0 Å². The predicted molar refractivity (Wildman–Crippen MR) is 165 cm³/mol. The molecule has 3 aromatic rings. The van der Waals surface area contributed by atoms with Crippen LogP contribution < -0.4 is 5.32 Å². The quantitative estimate of drug-likeness (QED) is 0.268. The molecule has 0 spiro atoms. The molecule has 1 N–H and O–H groups in total. The van der Waals surface area contributed by atoms with Gasteiger partial charge in [-0.1, -0.05) is 62.4 Å². The van der Waals surface area contributed by atoms with Crippen LogP contribution in [0.15, 0.2) is 72.8 Å². The van der Waals surface area contributed by atoms with Gasteiger partial charge in [0.2, 0.25) is 0 Å². The molecule has 0 radical (unpaired) electrons. The van der Waals surface area contributed by atoms with Gasteiger partial charge in [0.05, 0.1) is 12.1 Å². The molecule has 5 rings (SSSR count). The first-order chi connectivity index (χ1) is 21.0. The maximum Gasteiger partial charge on any atom is 0.329 e. The van der Waals surface area contributed by atoms with Gasteiger partial charge in [-0.25, -0.2) is 27.7 Å². The molecular formula is C35H41F3N4O2. The van der Waals surface area contributed by atoms with Gasteiger partial charge in [0.1, 0.15) is 5.82 Å². The highest BCUT2D eigenvalue weighted by Crippen LogP contribution is 2.45. The monoisotopic (exact) mass is 606 g/mol. The number of amides is 4. The highest BCUT2D eigenvalue weighted by Gasteiger charge is 2.50. The summed E-state index contributed by atoms with van der Waals surface area (Å²) in [6, 6.07) is 17.8. The Morgan fingerprint density at radius 2 is 1.59 bits per heavy atom. The van der Waals surface area contributed by atoms with E-state index in [1.165, 1.54) is 28.7 Å². The first-order valence-corrected chi connectivity index (χ1v) is 15.4. The molecule has 0 saturated carbocycles. The minimum atomic E-state index is -1.02. The van der Waals surface area contributed by atoms with Crippen LogP contribution in [0, 0.1) is 22.9 Å². The fourth-order valence-electron chi connectivity index (χ4n) is 6.70. The first-order valence-electron chi connectivity index (χ1n) is 15.4. The average Bonchev–Trinajstić information content (AvgIpc) is 3.02. The van der Waals surface area contributed by atoms with Crippen molar-refractivity contribution in [2.75, 3.05) is 32.7 Å². The molecular weight excluding hydrogens is 565 g/mol. The predicted octanol–water partition coefficient (Wildman–Crippen LogP) is 7.65. The summed E-state index contributed by atoms with van der Waals surface area (Å²) in [5.41, 5.74) is 1.80. The standard InChI is InChI=1S/C35H41F3N4O2/c1-24(25-8-5-4-6-9-25)41-23-35(2,3)32(28-12-15-30(37)31(38)22-28)42(34(41)44)33(43)39-18-7-19-40-20-16-27(17-21-40)26-10-13-29(36)14-11-26/h4-6,8-15,22,24,27,32H,7,16-21,23H2,1-3H3,(H,39,43). The van der Waals surface area contributed by atoms with E-state index in [2.05, 4.69) is 10.2 Å². The van der Waals surface area contributed by atoms with Crippen molar-refractivity contribution < 1.29 is 22.8 Å². The summed E-state index contributed by atoms with van der Waals surface area (Å²) in [4.78, 5) is 33.0. The number of carbonyl (C=O) groups is 2. The second kappa shape index (κ2) is 13.4. The molecule has 2 unspecified atom stereocenters. The molecule has 4 amide bonds. The van der Waals surface area contributed by atoms with Crippen LogP contribution in [-0.4, -0.2) is 59.5 Å². The second-order valence-electron chi connectivity index (χ2n) is 12.7. The van der Waals surface area contributed by atoms with Gasteiger partial charge in [-0.15, -0.1) is 0 Å². The number of hydrogen-bond acceptors (Lipinski definition) is 3. The van der Waals surface area contributed by atoms with Crippen molar-refractivity contribution >= 4 is 12.1 Å². The number of halogens is 3. The number of carbonyl (C=O) groups excluding carboxylic acids is 2. The van der Waals surface area contributed by atoms with E-state index < -0.39 is 35.2 Å². The average molecular weight is 607 g/mol. The number of nitrogens with zero attached hydrogens (tertiary/aromatic N) is 3. The number of imide groups is 1. The van der Waals surface area contributed by atoms with Gasteiger partial charge in [0.25, 0.3) is 0 Å². The van der Waals surface area contributed by atoms with E-state index in [9.17, 15) is 22.8 Å². The van der Waals surface area contributed by atoms with Crippen molar-refractivity contribution in [3.8, 4) is 0 Å². The summed E-state index contributed by atoms with van der Waals surface area (Å²) in [6.45, 7) is 9.11. The minimum absolute atomic E-state index is 0.224. The third kappa shape index (κ3) is 6.93. The van der Waals surface area contributed by atoms with Gasteiger partial charge in [-0.2, -0.15) is 0 Å². The SMILES string of the molecule is CC(c1ccccc1)N1CC(C)(C)C(c2ccc(F)c(F)c2)N(C(=O)NCCCN2CCC(c3ccc(F)cc3)CC2)C1=O. The van der Waals surface area contributed by atoms with Crippen LogP contribution in [0.1, 0.15) is 74.7 Å². The normalized spacial score (nSPS) is 20.0. The largest absolute Gasteiger partial charge is 0.338 e. The van der Waals surface area contributed by atoms with Crippen molar-refractivity contribution in [3.05, 3.63) is 107 Å². The zero-order chi connectivity index (χ0) is 31.4. The molecule has 0 aromatic heterocycles. The van der Waals surface area contributed by atoms with E-state index in [1.807, 2.05) is 63.2 Å². The van der Waals surface area contributed by atoms with Crippen molar-refractivity contribution in [1.82, 2.24) is 20.0 Å². The summed E-state index contributed by atoms with van der Waals surface area (Å²) in [6.07, 6.45) is 2.67. The van der Waals surface area contributed by atoms with Crippen LogP contribution in [-0.2, 0) is 0 Å². The van der Waals surface area contributed by atoms with E-state index in [0.29, 0.717) is 31.0 Å². The molecule has 0 bridgehead atoms. The molecule has 2 aliphatic heterocycles. The maximum absolute atomic E-state index is 14.4. The minimum Gasteiger partial charge on any atom is -0.338 e. The number of piperidine rings is 1. The number of benzene rings is 3. The zero-order valence-electron chi connectivity index (χ0n) is 25.6. The van der Waals surface area contributed by atoms with Crippen molar-refractivity contribution in [1.29, 1.82) is 0 Å². The Bertz CT molecular complexity index is 1440. The molecule has 6 nitrogen and oxygen atoms in total. The van der Waals surface area contributed by atoms with E-state index in [1.54, 1.807) is 4.90 Å². The molecule has 2 saturated heterocycles. The highest BCUT2D eigenvalue weighted by atomic mass is 19.2. The summed E-state index contributed by atoms with van der Waals surface area (Å²) < 4.78 is 41.6. The van der Waals surface area contributed by atoms with E-state index in [0.717, 1.165) is 50.2 Å². The molecule has 3 aromatic carbocycles. The van der Waals surface area contributed by atoms with E-state index >= 15 is 0 Å². The molecule has 2 heterocycles. The number of urea groups is 2. The van der Waals surface area contributed by atoms with Gasteiger partial charge in [0, 0.05) is 18.5 Å². The lowest BCUT2D eigenvalue weighted by atomic mass is 9.77. The third-order valence-corrected chi connectivity index (χ3v) is 9.11. The Morgan fingerprint density at radius 3 is 2.25 bits per heavy atom. The maximum atomic E-state index is 14.4. The van der Waals surface area contributed by atoms with E-state index in [4.69, 9.17) is 0 Å². The van der Waals surface area contributed by atoms with Gasteiger partial charge in [-0.05, 0) is 92.7 Å². The fraction of sp³-hybridized carbons (Fsp3) is 0.429. The molecule has 2 aliphatic rings. The molecule has 44 heavy (non-hydrogen) atoms. The topological polar surface area (TPSA) is 55.9 Å². The van der Waals surface area contributed by atoms with Crippen molar-refractivity contribution in [2.45, 2.75) is 58.0 Å². The van der Waals surface area contributed by atoms with Gasteiger partial charge in [0.15, 0.2) is 11.6 Å². The summed E-state index contributed by atoms with van der Waals surface area (Å²) in [7, 11) is 0. The lowest BCUT2D eigenvalue weighted by Crippen LogP contribution is -2.62. The Labute approximate surface area is 257 Å². The van der Waals surface area contributed by atoms with E-state index in [-0.39, 0.29) is 11.9 Å². The van der Waals surface area contributed by atoms with Gasteiger partial charge >= 0.3 is 12.1 Å². The lowest BCUT2D eigenvalue weighted by Gasteiger charge is -2.51. The number of rotatable bonds is 8. The Kier molecular flexibility index (Phi) is 9.63. The molecule has 9 heteroatoms. The van der Waals surface area contributed by atoms with Gasteiger partial charge in [-0.3, -0.25) is 0 Å². The van der Waals surface area contributed by atoms with Crippen molar-refractivity contribution in [2.24, 2.45) is 5.41 Å². The number of nitrogens with one attached hydrogen (secondary N) is 1. The third-order valence-electron chi connectivity index (χ3n) is 9.11. The summed E-state index contributed by atoms with van der Waals surface area (Å²) in [5.74, 6) is -1.81. The van der Waals surface area contributed by atoms with Crippen LogP contribution in [0.4, 0.5) is 22.8 Å². The molecule has 2 atom stereocenters. The first kappa shape index (κ1) is 31.6. The second-order valence-corrected chi connectivity index (χ2v) is 12.7. The summed E-state index contributed by atoms with van der Waals surface area (Å²) in [5, 5.41) is 2.93. The Morgan fingerprint density at radius 1 is 0.932 bits per heavy atom. The smallest absolute Gasteiger partial charge is 0.329 e. The van der Waals surface area contributed by atoms with Crippen LogP contribution in [0.25, 0.3) is 0 Å². The van der Waals surface area contributed by atoms with Crippen LogP contribution in [0.3, 0.4) is 0 Å². The lowest BCUT2D eigenvalue weighted by molar-refractivity contribution is 0.0233. The zero-order valence-corrected chi connectivity index (χ0v) is 25.6. The Balaban J connectivity index is 1.25. The highest BCUT2D eigenvalue weighted by molar-refractivity contribution is 5.95. The fourth-order valence-corrected chi connectivity index (χ4v) is 6.70. The Hall–Kier alpha value is -3.85. The molecule has 2 fully saturated rings. The number of hydrogen-bond donors (Lipinski definition) is 1. The molecule has 234 valence electrons. The van der Waals surface area contributed by atoms with Gasteiger partial charge < -0.3 is 15.1 Å². The summed E-state index contributed by atoms with van der Waals surface area (Å²) >= 11 is 0. The molecule has 0 aliphatic carbocycles. The van der Waals surface area contributed by atoms with Crippen LogP contribution in [0.5, 0.6) is 0 Å². The van der Waals surface area contributed by atoms with Crippen molar-refractivity contribution in [3.63, 3.8) is 0 Å². The van der Waals surface area contributed by atoms with Crippen LogP contribution >= 0.6 is 0 Å².